The second-order valence-electron chi connectivity index (χ2n) is 7.43. The molecule has 0 aromatic carbocycles. The molecule has 0 spiro atoms. The summed E-state index contributed by atoms with van der Waals surface area (Å²) in [5.74, 6) is 1.32. The molecule has 0 bridgehead atoms. The molecule has 29 heavy (non-hydrogen) atoms. The number of anilines is 2. The number of pyridine rings is 1. The average molecular weight is 395 g/mol. The number of alkyl halides is 1. The van der Waals surface area contributed by atoms with Crippen molar-refractivity contribution in [1.29, 1.82) is 0 Å². The predicted molar refractivity (Wildman–Crippen MR) is 108 cm³/mol. The summed E-state index contributed by atoms with van der Waals surface area (Å²) in [6, 6.07) is 5.32. The van der Waals surface area contributed by atoms with Gasteiger partial charge in [0.2, 0.25) is 5.91 Å². The molecular formula is C20H22FN7O. The highest BCUT2D eigenvalue weighted by Gasteiger charge is 2.25. The van der Waals surface area contributed by atoms with E-state index >= 15 is 0 Å². The standard InChI is InChI=1S/C20H22FN7O/c21-13-6-7-22-9-15(13)26-17-4-1-3-14(25-17)16-10-23-18-11-24-19(12-28(16)18)27-8-2-5-20(27)29/h1,3-4,10-13,15,22H,2,5-9H2,(H,25,26)/t13-,15?/m0/s1. The van der Waals surface area contributed by atoms with Crippen molar-refractivity contribution >= 4 is 23.2 Å². The molecule has 5 rings (SSSR count). The number of piperidine rings is 1. The molecule has 150 valence electrons. The number of fused-ring (bicyclic) bond motifs is 1. The lowest BCUT2D eigenvalue weighted by Gasteiger charge is -2.28. The van der Waals surface area contributed by atoms with Gasteiger partial charge < -0.3 is 10.6 Å². The molecule has 3 aromatic rings. The fraction of sp³-hybridized carbons (Fsp3) is 0.400. The number of rotatable bonds is 4. The van der Waals surface area contributed by atoms with Crippen LogP contribution in [0.2, 0.25) is 0 Å². The Morgan fingerprint density at radius 1 is 1.24 bits per heavy atom. The quantitative estimate of drug-likeness (QED) is 0.703. The summed E-state index contributed by atoms with van der Waals surface area (Å²) in [6.45, 7) is 1.95. The van der Waals surface area contributed by atoms with E-state index in [2.05, 4.69) is 25.6 Å². The highest BCUT2D eigenvalue weighted by atomic mass is 19.1. The van der Waals surface area contributed by atoms with Gasteiger partial charge in [-0.2, -0.15) is 0 Å². The van der Waals surface area contributed by atoms with Crippen LogP contribution in [0.4, 0.5) is 16.0 Å². The number of nitrogens with zero attached hydrogens (tertiary/aromatic N) is 5. The Kier molecular flexibility index (Phi) is 4.59. The number of carbonyl (C=O) groups excluding carboxylic acids is 1. The second-order valence-corrected chi connectivity index (χ2v) is 7.43. The summed E-state index contributed by atoms with van der Waals surface area (Å²) in [5, 5.41) is 6.40. The van der Waals surface area contributed by atoms with Gasteiger partial charge in [-0.15, -0.1) is 0 Å². The third kappa shape index (κ3) is 3.42. The van der Waals surface area contributed by atoms with E-state index in [0.717, 1.165) is 12.1 Å². The van der Waals surface area contributed by atoms with Crippen molar-refractivity contribution in [3.8, 4) is 11.4 Å². The van der Waals surface area contributed by atoms with Gasteiger partial charge in [0.1, 0.15) is 12.0 Å². The fourth-order valence-corrected chi connectivity index (χ4v) is 3.91. The first kappa shape index (κ1) is 18.0. The lowest BCUT2D eigenvalue weighted by molar-refractivity contribution is -0.117. The van der Waals surface area contributed by atoms with Crippen LogP contribution in [0.25, 0.3) is 17.0 Å². The molecule has 0 aliphatic carbocycles. The summed E-state index contributed by atoms with van der Waals surface area (Å²) in [7, 11) is 0. The fourth-order valence-electron chi connectivity index (χ4n) is 3.91. The molecule has 0 radical (unpaired) electrons. The zero-order valence-corrected chi connectivity index (χ0v) is 15.9. The van der Waals surface area contributed by atoms with Crippen LogP contribution in [-0.4, -0.2) is 57.1 Å². The molecule has 2 saturated heterocycles. The third-order valence-electron chi connectivity index (χ3n) is 5.47. The highest BCUT2D eigenvalue weighted by Crippen LogP contribution is 2.25. The van der Waals surface area contributed by atoms with Crippen molar-refractivity contribution in [1.82, 2.24) is 24.7 Å². The lowest BCUT2D eigenvalue weighted by Crippen LogP contribution is -2.46. The topological polar surface area (TPSA) is 87.5 Å². The Balaban J connectivity index is 1.46. The van der Waals surface area contributed by atoms with Gasteiger partial charge in [-0.1, -0.05) is 6.07 Å². The zero-order chi connectivity index (χ0) is 19.8. The van der Waals surface area contributed by atoms with E-state index in [-0.39, 0.29) is 11.9 Å². The number of hydrogen-bond donors (Lipinski definition) is 2. The Morgan fingerprint density at radius 3 is 3.00 bits per heavy atom. The van der Waals surface area contributed by atoms with Crippen LogP contribution in [-0.2, 0) is 4.79 Å². The Labute approximate surface area is 167 Å². The molecule has 1 unspecified atom stereocenters. The Morgan fingerprint density at radius 2 is 2.17 bits per heavy atom. The van der Waals surface area contributed by atoms with Crippen LogP contribution in [0, 0.1) is 0 Å². The van der Waals surface area contributed by atoms with E-state index < -0.39 is 6.17 Å². The van der Waals surface area contributed by atoms with Crippen LogP contribution in [0.15, 0.2) is 36.8 Å². The van der Waals surface area contributed by atoms with Crippen LogP contribution in [0.3, 0.4) is 0 Å². The molecule has 8 nitrogen and oxygen atoms in total. The largest absolute Gasteiger partial charge is 0.363 e. The number of imidazole rings is 1. The molecule has 2 aliphatic heterocycles. The average Bonchev–Trinajstić information content (AvgIpc) is 3.35. The van der Waals surface area contributed by atoms with Crippen molar-refractivity contribution in [2.45, 2.75) is 31.5 Å². The van der Waals surface area contributed by atoms with E-state index in [1.54, 1.807) is 17.3 Å². The first-order valence-corrected chi connectivity index (χ1v) is 9.91. The van der Waals surface area contributed by atoms with Crippen LogP contribution in [0.5, 0.6) is 0 Å². The van der Waals surface area contributed by atoms with Crippen molar-refractivity contribution in [2.75, 3.05) is 29.9 Å². The van der Waals surface area contributed by atoms with Crippen molar-refractivity contribution in [3.63, 3.8) is 0 Å². The first-order chi connectivity index (χ1) is 14.2. The molecule has 2 aliphatic rings. The van der Waals surface area contributed by atoms with Gasteiger partial charge in [0.15, 0.2) is 11.5 Å². The van der Waals surface area contributed by atoms with Crippen LogP contribution < -0.4 is 15.5 Å². The summed E-state index contributed by atoms with van der Waals surface area (Å²) < 4.78 is 16.0. The Bertz CT molecular complexity index is 1050. The van der Waals surface area contributed by atoms with Crippen LogP contribution >= 0.6 is 0 Å². The van der Waals surface area contributed by atoms with Gasteiger partial charge in [0.25, 0.3) is 0 Å². The van der Waals surface area contributed by atoms with Gasteiger partial charge >= 0.3 is 0 Å². The minimum absolute atomic E-state index is 0.0877. The maximum Gasteiger partial charge on any atom is 0.228 e. The Hall–Kier alpha value is -3.07. The van der Waals surface area contributed by atoms with Gasteiger partial charge in [0, 0.05) is 19.5 Å². The highest BCUT2D eigenvalue weighted by molar-refractivity contribution is 5.94. The SMILES string of the molecule is O=C1CCCN1c1cn2c(-c3cccc(NC4CNCC[C@@H]4F)n3)cnc2cn1. The summed E-state index contributed by atoms with van der Waals surface area (Å²) in [4.78, 5) is 27.2. The summed E-state index contributed by atoms with van der Waals surface area (Å²) in [6.07, 6.45) is 6.21. The van der Waals surface area contributed by atoms with E-state index in [1.807, 2.05) is 28.8 Å². The maximum absolute atomic E-state index is 14.2. The first-order valence-electron chi connectivity index (χ1n) is 9.91. The molecule has 2 N–H and O–H groups in total. The van der Waals surface area contributed by atoms with E-state index in [0.29, 0.717) is 55.5 Å². The van der Waals surface area contributed by atoms with Gasteiger partial charge in [-0.3, -0.25) is 14.1 Å². The minimum Gasteiger partial charge on any atom is -0.363 e. The summed E-state index contributed by atoms with van der Waals surface area (Å²) in [5.41, 5.74) is 2.18. The minimum atomic E-state index is -0.899. The van der Waals surface area contributed by atoms with Crippen molar-refractivity contribution in [3.05, 3.63) is 36.8 Å². The molecule has 3 aromatic heterocycles. The van der Waals surface area contributed by atoms with Crippen LogP contribution in [0.1, 0.15) is 19.3 Å². The zero-order valence-electron chi connectivity index (χ0n) is 15.9. The number of nitrogens with one attached hydrogen (secondary N) is 2. The molecule has 0 saturated carbocycles. The molecule has 2 atom stereocenters. The van der Waals surface area contributed by atoms with E-state index in [1.165, 1.54) is 0 Å². The number of hydrogen-bond acceptors (Lipinski definition) is 6. The van der Waals surface area contributed by atoms with E-state index in [9.17, 15) is 9.18 Å². The maximum atomic E-state index is 14.2. The third-order valence-corrected chi connectivity index (χ3v) is 5.47. The summed E-state index contributed by atoms with van der Waals surface area (Å²) >= 11 is 0. The van der Waals surface area contributed by atoms with Gasteiger partial charge in [-0.25, -0.2) is 19.3 Å². The van der Waals surface area contributed by atoms with Crippen molar-refractivity contribution < 1.29 is 9.18 Å². The molecule has 1 amide bonds. The number of amides is 1. The smallest absolute Gasteiger partial charge is 0.228 e. The number of aromatic nitrogens is 4. The van der Waals surface area contributed by atoms with Crippen molar-refractivity contribution in [2.24, 2.45) is 0 Å². The number of carbonyl (C=O) groups is 1. The lowest BCUT2D eigenvalue weighted by atomic mass is 10.1. The normalized spacial score (nSPS) is 22.4. The molecule has 5 heterocycles. The van der Waals surface area contributed by atoms with Gasteiger partial charge in [0.05, 0.1) is 36.0 Å². The second kappa shape index (κ2) is 7.40. The van der Waals surface area contributed by atoms with Gasteiger partial charge in [-0.05, 0) is 31.5 Å². The molecule has 9 heteroatoms. The molecular weight excluding hydrogens is 373 g/mol. The number of halogens is 1. The predicted octanol–water partition coefficient (Wildman–Crippen LogP) is 2.03. The monoisotopic (exact) mass is 395 g/mol. The van der Waals surface area contributed by atoms with E-state index in [4.69, 9.17) is 0 Å². The molecule has 2 fully saturated rings.